The lowest BCUT2D eigenvalue weighted by Crippen LogP contribution is -2.64. The summed E-state index contributed by atoms with van der Waals surface area (Å²) < 4.78 is 18.0. The Bertz CT molecular complexity index is 891. The average Bonchev–Trinajstić information content (AvgIpc) is 3.74. The van der Waals surface area contributed by atoms with Gasteiger partial charge in [-0.05, 0) is 63.2 Å². The van der Waals surface area contributed by atoms with Gasteiger partial charge in [0.05, 0.1) is 31.5 Å². The van der Waals surface area contributed by atoms with Crippen LogP contribution < -0.4 is 32.7 Å². The lowest BCUT2D eigenvalue weighted by Gasteiger charge is -2.32. The van der Waals surface area contributed by atoms with Gasteiger partial charge in [-0.15, -0.1) is 0 Å². The summed E-state index contributed by atoms with van der Waals surface area (Å²) in [6.45, 7) is 6.37. The molecule has 0 aromatic rings. The van der Waals surface area contributed by atoms with Gasteiger partial charge in [-0.1, -0.05) is 20.3 Å². The van der Waals surface area contributed by atoms with Crippen molar-refractivity contribution in [3.05, 3.63) is 0 Å². The van der Waals surface area contributed by atoms with Crippen LogP contribution in [-0.4, -0.2) is 80.8 Å². The molecule has 6 amide bonds. The van der Waals surface area contributed by atoms with Gasteiger partial charge in [0.1, 0.15) is 6.04 Å². The normalized spacial score (nSPS) is 30.8. The number of amides is 6. The first-order valence-electron chi connectivity index (χ1n) is 14.7. The second-order valence-corrected chi connectivity index (χ2v) is 11.2. The third-order valence-corrected chi connectivity index (χ3v) is 8.64. The number of carbonyl (C=O) groups is 4. The number of fused-ring (bicyclic) bond motifs is 4. The summed E-state index contributed by atoms with van der Waals surface area (Å²) in [5.41, 5.74) is 10.7. The minimum atomic E-state index is -1.32. The van der Waals surface area contributed by atoms with E-state index < -0.39 is 48.3 Å². The molecule has 4 fully saturated rings. The molecular formula is C27H48N6O7. The van der Waals surface area contributed by atoms with E-state index in [9.17, 15) is 19.2 Å². The molecule has 2 aliphatic heterocycles. The molecule has 2 heterocycles. The summed E-state index contributed by atoms with van der Waals surface area (Å²) >= 11 is 0. The molecule has 228 valence electrons. The largest absolute Gasteiger partial charge is 0.376 e. The maximum absolute atomic E-state index is 13.4. The van der Waals surface area contributed by atoms with E-state index in [2.05, 4.69) is 21.3 Å². The van der Waals surface area contributed by atoms with Crippen molar-refractivity contribution < 1.29 is 33.4 Å². The molecule has 2 saturated heterocycles. The predicted molar refractivity (Wildman–Crippen MR) is 147 cm³/mol. The van der Waals surface area contributed by atoms with Crippen molar-refractivity contribution in [3.8, 4) is 0 Å². The first-order valence-corrected chi connectivity index (χ1v) is 14.7. The summed E-state index contributed by atoms with van der Waals surface area (Å²) in [5, 5.41) is 9.91. The zero-order chi connectivity index (χ0) is 29.4. The zero-order valence-electron chi connectivity index (χ0n) is 24.1. The van der Waals surface area contributed by atoms with E-state index in [1.807, 2.05) is 13.8 Å². The molecule has 13 nitrogen and oxygen atoms in total. The van der Waals surface area contributed by atoms with Gasteiger partial charge < -0.3 is 46.9 Å². The summed E-state index contributed by atoms with van der Waals surface area (Å²) in [5.74, 6) is 0.646. The third-order valence-electron chi connectivity index (χ3n) is 8.64. The van der Waals surface area contributed by atoms with E-state index in [4.69, 9.17) is 25.7 Å². The van der Waals surface area contributed by atoms with Crippen molar-refractivity contribution in [3.63, 3.8) is 0 Å². The van der Waals surface area contributed by atoms with Gasteiger partial charge >= 0.3 is 12.1 Å². The number of hydrogen-bond donors (Lipinski definition) is 6. The Labute approximate surface area is 236 Å². The molecule has 13 heteroatoms. The van der Waals surface area contributed by atoms with Crippen LogP contribution in [0, 0.1) is 23.7 Å². The molecule has 8 N–H and O–H groups in total. The highest BCUT2D eigenvalue weighted by Gasteiger charge is 2.43. The monoisotopic (exact) mass is 568 g/mol. The van der Waals surface area contributed by atoms with Crippen molar-refractivity contribution in [1.82, 2.24) is 21.3 Å². The highest BCUT2D eigenvalue weighted by Crippen LogP contribution is 2.48. The fraction of sp³-hybridized carbons (Fsp3) is 0.852. The number of ether oxygens (including phenoxy) is 3. The zero-order valence-corrected chi connectivity index (χ0v) is 24.1. The van der Waals surface area contributed by atoms with Crippen LogP contribution in [0.1, 0.15) is 65.7 Å². The second kappa shape index (κ2) is 14.8. The highest BCUT2D eigenvalue weighted by molar-refractivity contribution is 5.90. The van der Waals surface area contributed by atoms with E-state index in [1.54, 1.807) is 6.92 Å². The Balaban J connectivity index is 0.00000216. The lowest BCUT2D eigenvalue weighted by atomic mass is 9.89. The predicted octanol–water partition coefficient (Wildman–Crippen LogP) is 0.700. The Hall–Kier alpha value is -2.64. The molecule has 6 unspecified atom stereocenters. The molecule has 0 aromatic heterocycles. The number of primary amides is 2. The highest BCUT2D eigenvalue weighted by atomic mass is 16.5. The maximum Gasteiger partial charge on any atom is 0.312 e. The smallest absolute Gasteiger partial charge is 0.312 e. The van der Waals surface area contributed by atoms with E-state index in [0.717, 1.165) is 31.6 Å². The van der Waals surface area contributed by atoms with Gasteiger partial charge in [-0.25, -0.2) is 9.59 Å². The standard InChI is InChI=1S/C25H42N6O7.C2H6/c1-12(36-10-15-8-13-3-4-14(15)7-13)19(29-24(26)34)22(33)31-23(20(21(32)28-2)30-25(27)35)37-11-16-9-17-5-6-18(16)38-17;1-2/h12-20,23H,3-11H2,1-2H3,(H,28,32)(H,31,33)(H3,26,29,34)(H3,27,30,35);1-2H3/t12?,13-,14+,15?,16?,17+,18-,19?,20?,23?;/m0./s1. The van der Waals surface area contributed by atoms with Crippen molar-refractivity contribution in [2.45, 2.75) is 102 Å². The van der Waals surface area contributed by atoms with Crippen molar-refractivity contribution in [2.75, 3.05) is 20.3 Å². The van der Waals surface area contributed by atoms with Crippen LogP contribution >= 0.6 is 0 Å². The Morgan fingerprint density at radius 3 is 2.02 bits per heavy atom. The molecule has 4 bridgehead atoms. The van der Waals surface area contributed by atoms with Crippen LogP contribution in [0.5, 0.6) is 0 Å². The van der Waals surface area contributed by atoms with Gasteiger partial charge in [-0.2, -0.15) is 0 Å². The fourth-order valence-corrected chi connectivity index (χ4v) is 6.69. The summed E-state index contributed by atoms with van der Waals surface area (Å²) in [6, 6.07) is -4.32. The summed E-state index contributed by atoms with van der Waals surface area (Å²) in [7, 11) is 1.39. The van der Waals surface area contributed by atoms with Gasteiger partial charge in [0.25, 0.3) is 0 Å². The number of rotatable bonds is 13. The van der Waals surface area contributed by atoms with Crippen LogP contribution in [0.25, 0.3) is 0 Å². The van der Waals surface area contributed by atoms with Gasteiger partial charge in [-0.3, -0.25) is 9.59 Å². The van der Waals surface area contributed by atoms with E-state index in [-0.39, 0.29) is 24.7 Å². The molecule has 4 rings (SSSR count). The van der Waals surface area contributed by atoms with E-state index in [0.29, 0.717) is 18.4 Å². The van der Waals surface area contributed by atoms with Crippen molar-refractivity contribution >= 4 is 23.9 Å². The summed E-state index contributed by atoms with van der Waals surface area (Å²) in [4.78, 5) is 49.5. The van der Waals surface area contributed by atoms with Gasteiger partial charge in [0.2, 0.25) is 11.8 Å². The Kier molecular flexibility index (Phi) is 11.8. The molecule has 0 radical (unpaired) electrons. The third kappa shape index (κ3) is 8.20. The molecule has 0 aromatic carbocycles. The molecule has 10 atom stereocenters. The molecule has 2 saturated carbocycles. The Morgan fingerprint density at radius 2 is 1.50 bits per heavy atom. The van der Waals surface area contributed by atoms with Gasteiger partial charge in [0.15, 0.2) is 12.3 Å². The van der Waals surface area contributed by atoms with Crippen molar-refractivity contribution in [1.29, 1.82) is 0 Å². The van der Waals surface area contributed by atoms with Crippen LogP contribution in [0.15, 0.2) is 0 Å². The average molecular weight is 569 g/mol. The van der Waals surface area contributed by atoms with Crippen LogP contribution in [0.4, 0.5) is 9.59 Å². The summed E-state index contributed by atoms with van der Waals surface area (Å²) in [6.07, 6.45) is 5.84. The number of likely N-dealkylation sites (N-methyl/N-ethyl adjacent to an activating group) is 1. The van der Waals surface area contributed by atoms with Crippen LogP contribution in [-0.2, 0) is 23.8 Å². The number of nitrogens with two attached hydrogens (primary N) is 2. The number of urea groups is 2. The molecule has 4 aliphatic rings. The molecule has 2 aliphatic carbocycles. The lowest BCUT2D eigenvalue weighted by molar-refractivity contribution is -0.136. The van der Waals surface area contributed by atoms with Crippen molar-refractivity contribution in [2.24, 2.45) is 35.1 Å². The van der Waals surface area contributed by atoms with Crippen LogP contribution in [0.3, 0.4) is 0 Å². The topological polar surface area (TPSA) is 196 Å². The fourth-order valence-electron chi connectivity index (χ4n) is 6.69. The minimum Gasteiger partial charge on any atom is -0.376 e. The number of hydrogen-bond acceptors (Lipinski definition) is 7. The van der Waals surface area contributed by atoms with E-state index in [1.165, 1.54) is 26.3 Å². The number of nitrogens with one attached hydrogen (secondary N) is 4. The number of carbonyl (C=O) groups excluding carboxylic acids is 4. The maximum atomic E-state index is 13.4. The van der Waals surface area contributed by atoms with Crippen LogP contribution in [0.2, 0.25) is 0 Å². The van der Waals surface area contributed by atoms with Gasteiger partial charge in [0, 0.05) is 13.0 Å². The van der Waals surface area contributed by atoms with E-state index >= 15 is 0 Å². The molecular weight excluding hydrogens is 520 g/mol. The molecule has 40 heavy (non-hydrogen) atoms. The Morgan fingerprint density at radius 1 is 0.825 bits per heavy atom. The minimum absolute atomic E-state index is 0.0578. The second-order valence-electron chi connectivity index (χ2n) is 11.2. The first kappa shape index (κ1) is 31.9. The SMILES string of the molecule is CC.CNC(=O)C(NC(N)=O)C(NC(=O)C(NC(N)=O)C(C)OCC1C[C@H]2CC[C@@H]1C2)OCC1C[C@H]2CC[C@@H]1O2. The molecule has 0 spiro atoms. The quantitative estimate of drug-likeness (QED) is 0.176. The first-order chi connectivity index (χ1) is 19.1.